The maximum atomic E-state index is 5.69. The number of nitrogens with zero attached hydrogens (tertiary/aromatic N) is 4. The van der Waals surface area contributed by atoms with E-state index in [0.29, 0.717) is 0 Å². The number of benzene rings is 3. The number of aromatic nitrogens is 4. The van der Waals surface area contributed by atoms with Crippen molar-refractivity contribution in [2.75, 3.05) is 7.11 Å². The van der Waals surface area contributed by atoms with E-state index in [9.17, 15) is 0 Å². The fraction of sp³-hybridized carbons (Fsp3) is 0.125. The van der Waals surface area contributed by atoms with Crippen LogP contribution in [-0.2, 0) is 5.41 Å². The van der Waals surface area contributed by atoms with Crippen molar-refractivity contribution in [3.05, 3.63) is 162 Å². The molecule has 4 heterocycles. The Kier molecular flexibility index (Phi) is 7.22. The summed E-state index contributed by atoms with van der Waals surface area (Å²) in [6.45, 7) is 6.70. The lowest BCUT2D eigenvalue weighted by molar-refractivity contribution is 0.414. The number of rotatable bonds is 6. The van der Waals surface area contributed by atoms with Crippen LogP contribution < -0.4 is 4.74 Å². The van der Waals surface area contributed by atoms with Crippen molar-refractivity contribution in [2.45, 2.75) is 26.2 Å². The molecule has 220 valence electrons. The molecule has 0 saturated carbocycles. The molecule has 0 spiro atoms. The molecule has 0 aliphatic rings. The van der Waals surface area contributed by atoms with Crippen molar-refractivity contribution in [1.29, 1.82) is 0 Å². The lowest BCUT2D eigenvalue weighted by atomic mass is 9.88. The first-order chi connectivity index (χ1) is 21.9. The summed E-state index contributed by atoms with van der Waals surface area (Å²) in [5.74, 6) is 1.68. The summed E-state index contributed by atoms with van der Waals surface area (Å²) in [7, 11) is 1.70. The first-order valence-electron chi connectivity index (χ1n) is 15.1. The minimum absolute atomic E-state index is 0.00977. The highest BCUT2D eigenvalue weighted by Crippen LogP contribution is 2.40. The minimum atomic E-state index is -0.00977. The maximum Gasteiger partial charge on any atom is 0.137 e. The van der Waals surface area contributed by atoms with Crippen LogP contribution >= 0.6 is 0 Å². The molecule has 0 atom stereocenters. The molecule has 0 aliphatic carbocycles. The van der Waals surface area contributed by atoms with Crippen LogP contribution in [0, 0.1) is 0 Å². The van der Waals surface area contributed by atoms with Crippen LogP contribution in [0.3, 0.4) is 0 Å². The highest BCUT2D eigenvalue weighted by atomic mass is 16.5. The molecule has 0 fully saturated rings. The fourth-order valence-electron chi connectivity index (χ4n) is 6.02. The minimum Gasteiger partial charge on any atom is -0.497 e. The average molecular weight is 587 g/mol. The molecule has 5 nitrogen and oxygen atoms in total. The maximum absolute atomic E-state index is 5.69. The monoisotopic (exact) mass is 586 g/mol. The van der Waals surface area contributed by atoms with Gasteiger partial charge in [0.15, 0.2) is 0 Å². The number of hydrogen-bond acceptors (Lipinski definition) is 4. The molecular formula is C40H34N4O. The number of para-hydroxylation sites is 1. The van der Waals surface area contributed by atoms with Crippen LogP contribution in [-0.4, -0.2) is 26.6 Å². The van der Waals surface area contributed by atoms with E-state index >= 15 is 0 Å². The van der Waals surface area contributed by atoms with Crippen LogP contribution in [0.1, 0.15) is 48.8 Å². The molecule has 3 aromatic carbocycles. The number of ether oxygens (including phenoxy) is 1. The summed E-state index contributed by atoms with van der Waals surface area (Å²) in [6.07, 6.45) is 5.58. The third kappa shape index (κ3) is 5.27. The van der Waals surface area contributed by atoms with Gasteiger partial charge in [-0.2, -0.15) is 0 Å². The average Bonchev–Trinajstić information content (AvgIpc) is 3.41. The van der Waals surface area contributed by atoms with E-state index in [0.717, 1.165) is 56.3 Å². The van der Waals surface area contributed by atoms with Gasteiger partial charge >= 0.3 is 0 Å². The lowest BCUT2D eigenvalue weighted by Gasteiger charge is -2.20. The molecule has 0 bridgehead atoms. The third-order valence-electron chi connectivity index (χ3n) is 8.25. The van der Waals surface area contributed by atoms with Gasteiger partial charge in [-0.1, -0.05) is 75.4 Å². The summed E-state index contributed by atoms with van der Waals surface area (Å²) in [5, 5.41) is 2.35. The van der Waals surface area contributed by atoms with Crippen LogP contribution in [0.25, 0.3) is 38.8 Å². The first-order valence-corrected chi connectivity index (χ1v) is 15.1. The molecule has 0 radical (unpaired) electrons. The highest BCUT2D eigenvalue weighted by Gasteiger charge is 2.22. The predicted molar refractivity (Wildman–Crippen MR) is 184 cm³/mol. The molecule has 0 saturated heterocycles. The summed E-state index contributed by atoms with van der Waals surface area (Å²) in [4.78, 5) is 14.5. The molecule has 7 aromatic rings. The van der Waals surface area contributed by atoms with Gasteiger partial charge in [-0.15, -0.1) is 0 Å². The Labute approximate surface area is 263 Å². The number of methoxy groups -OCH3 is 1. The van der Waals surface area contributed by atoms with E-state index in [1.54, 1.807) is 7.11 Å². The molecule has 0 aliphatic heterocycles. The van der Waals surface area contributed by atoms with E-state index in [1.165, 1.54) is 16.3 Å². The Hall–Kier alpha value is -5.55. The van der Waals surface area contributed by atoms with Crippen LogP contribution in [0.2, 0.25) is 0 Å². The smallest absolute Gasteiger partial charge is 0.137 e. The van der Waals surface area contributed by atoms with E-state index in [-0.39, 0.29) is 5.41 Å². The van der Waals surface area contributed by atoms with Crippen molar-refractivity contribution >= 4 is 33.0 Å². The summed E-state index contributed by atoms with van der Waals surface area (Å²) < 4.78 is 7.98. The number of hydrogen-bond donors (Lipinski definition) is 0. The van der Waals surface area contributed by atoms with Crippen LogP contribution in [0.5, 0.6) is 5.75 Å². The Morgan fingerprint density at radius 1 is 0.578 bits per heavy atom. The van der Waals surface area contributed by atoms with E-state index in [1.807, 2.05) is 67.1 Å². The lowest BCUT2D eigenvalue weighted by Crippen LogP contribution is -2.12. The second-order valence-corrected chi connectivity index (χ2v) is 12.1. The zero-order chi connectivity index (χ0) is 31.0. The largest absolute Gasteiger partial charge is 0.497 e. The topological polar surface area (TPSA) is 52.8 Å². The van der Waals surface area contributed by atoms with Gasteiger partial charge in [-0.25, -0.2) is 4.98 Å². The summed E-state index contributed by atoms with van der Waals surface area (Å²) in [5.41, 5.74) is 9.11. The van der Waals surface area contributed by atoms with Crippen LogP contribution in [0.15, 0.2) is 134 Å². The Bertz CT molecular complexity index is 2130. The van der Waals surface area contributed by atoms with Crippen molar-refractivity contribution in [3.8, 4) is 11.6 Å². The first kappa shape index (κ1) is 28.2. The van der Waals surface area contributed by atoms with Gasteiger partial charge in [-0.3, -0.25) is 14.5 Å². The molecular weight excluding hydrogens is 552 g/mol. The quantitative estimate of drug-likeness (QED) is 0.195. The SMILES string of the molecule is COc1cccc(C(=C(c2ccccn2)c2ccccn2)c2ccc3c4ccccc4n(-c4cc(C(C)(C)C)ccn4)c3c2)c1. The van der Waals surface area contributed by atoms with Gasteiger partial charge in [0.2, 0.25) is 0 Å². The Morgan fingerprint density at radius 2 is 1.27 bits per heavy atom. The number of fused-ring (bicyclic) bond motifs is 3. The molecule has 0 unspecified atom stereocenters. The zero-order valence-electron chi connectivity index (χ0n) is 25.9. The molecule has 7 rings (SSSR count). The molecule has 5 heteroatoms. The summed E-state index contributed by atoms with van der Waals surface area (Å²) >= 11 is 0. The normalized spacial score (nSPS) is 11.6. The van der Waals surface area contributed by atoms with E-state index in [4.69, 9.17) is 19.7 Å². The van der Waals surface area contributed by atoms with Crippen molar-refractivity contribution in [1.82, 2.24) is 19.5 Å². The van der Waals surface area contributed by atoms with E-state index in [2.05, 4.69) is 92.1 Å². The molecule has 0 N–H and O–H groups in total. The highest BCUT2D eigenvalue weighted by molar-refractivity contribution is 6.11. The van der Waals surface area contributed by atoms with E-state index < -0.39 is 0 Å². The molecule has 45 heavy (non-hydrogen) atoms. The van der Waals surface area contributed by atoms with Crippen molar-refractivity contribution in [3.63, 3.8) is 0 Å². The zero-order valence-corrected chi connectivity index (χ0v) is 25.9. The van der Waals surface area contributed by atoms with Gasteiger partial charge in [0.05, 0.1) is 29.5 Å². The Balaban J connectivity index is 1.59. The van der Waals surface area contributed by atoms with Gasteiger partial charge in [0, 0.05) is 40.5 Å². The molecule has 4 aromatic heterocycles. The van der Waals surface area contributed by atoms with Crippen LogP contribution in [0.4, 0.5) is 0 Å². The van der Waals surface area contributed by atoms with Gasteiger partial charge < -0.3 is 4.74 Å². The summed E-state index contributed by atoms with van der Waals surface area (Å²) in [6, 6.07) is 39.8. The predicted octanol–water partition coefficient (Wildman–Crippen LogP) is 9.28. The second kappa shape index (κ2) is 11.5. The second-order valence-electron chi connectivity index (χ2n) is 12.1. The van der Waals surface area contributed by atoms with Gasteiger partial charge in [0.1, 0.15) is 11.6 Å². The van der Waals surface area contributed by atoms with Crippen molar-refractivity contribution < 1.29 is 4.74 Å². The Morgan fingerprint density at radius 3 is 1.96 bits per heavy atom. The fourth-order valence-corrected chi connectivity index (χ4v) is 6.02. The number of pyridine rings is 3. The standard InChI is InChI=1S/C40H34N4O/c1-40(2,3)29-20-23-43-37(26-29)44-35-17-6-5-14-31(35)32-19-18-28(25-36(32)44)38(27-12-11-13-30(24-27)45-4)39(33-15-7-9-21-41-33)34-16-8-10-22-42-34/h5-26H,1-4H3. The van der Waals surface area contributed by atoms with Gasteiger partial charge in [-0.05, 0) is 82.8 Å². The third-order valence-corrected chi connectivity index (χ3v) is 8.25. The van der Waals surface area contributed by atoms with Crippen molar-refractivity contribution in [2.24, 2.45) is 0 Å². The van der Waals surface area contributed by atoms with Gasteiger partial charge in [0.25, 0.3) is 0 Å². The molecule has 0 amide bonds.